The SMILES string of the molecule is C[C@@](O)(c1ccc2c(c1)N(c1nc(N)ncc1Cl)CC21CCOCC1)c1nccs1. The van der Waals surface area contributed by atoms with Gasteiger partial charge in [0.05, 0.1) is 6.20 Å². The lowest BCUT2D eigenvalue weighted by molar-refractivity contribution is 0.0557. The average molecular weight is 444 g/mol. The van der Waals surface area contributed by atoms with Gasteiger partial charge in [-0.25, -0.2) is 9.97 Å². The molecule has 5 rings (SSSR count). The third-order valence-electron chi connectivity index (χ3n) is 6.18. The van der Waals surface area contributed by atoms with Crippen LogP contribution in [-0.2, 0) is 15.8 Å². The third kappa shape index (κ3) is 3.06. The Bertz CT molecular complexity index is 1080. The molecule has 9 heteroatoms. The number of anilines is 3. The number of nitrogens with zero attached hydrogens (tertiary/aromatic N) is 4. The molecule has 0 bridgehead atoms. The maximum atomic E-state index is 11.3. The zero-order chi connectivity index (χ0) is 20.9. The standard InChI is InChI=1S/C21H22ClN5O2S/c1-20(28,18-24-6-9-30-18)13-2-3-14-16(10-13)27(12-21(14)4-7-29-8-5-21)17-15(22)11-25-19(23)26-17/h2-3,6,9-11,28H,4-5,7-8,12H2,1H3,(H2,23,25,26)/t20-/m1/s1. The molecule has 0 saturated carbocycles. The lowest BCUT2D eigenvalue weighted by atomic mass is 9.75. The van der Waals surface area contributed by atoms with Crippen LogP contribution in [0.25, 0.3) is 0 Å². The zero-order valence-electron chi connectivity index (χ0n) is 16.5. The van der Waals surface area contributed by atoms with Crippen molar-refractivity contribution in [2.45, 2.75) is 30.8 Å². The molecule has 156 valence electrons. The summed E-state index contributed by atoms with van der Waals surface area (Å²) < 4.78 is 5.64. The summed E-state index contributed by atoms with van der Waals surface area (Å²) in [5.74, 6) is 0.759. The first-order valence-corrected chi connectivity index (χ1v) is 11.1. The molecule has 0 radical (unpaired) electrons. The lowest BCUT2D eigenvalue weighted by Crippen LogP contribution is -2.37. The van der Waals surface area contributed by atoms with E-state index in [0.717, 1.165) is 30.6 Å². The predicted octanol–water partition coefficient (Wildman–Crippen LogP) is 3.62. The number of hydrogen-bond donors (Lipinski definition) is 2. The van der Waals surface area contributed by atoms with E-state index in [2.05, 4.69) is 25.9 Å². The molecule has 1 aromatic carbocycles. The van der Waals surface area contributed by atoms with Gasteiger partial charge in [0.2, 0.25) is 5.95 Å². The van der Waals surface area contributed by atoms with Crippen LogP contribution in [0.2, 0.25) is 5.02 Å². The monoisotopic (exact) mass is 443 g/mol. The van der Waals surface area contributed by atoms with E-state index in [0.29, 0.717) is 29.1 Å². The summed E-state index contributed by atoms with van der Waals surface area (Å²) in [6, 6.07) is 6.14. The molecule has 30 heavy (non-hydrogen) atoms. The van der Waals surface area contributed by atoms with E-state index < -0.39 is 5.60 Å². The van der Waals surface area contributed by atoms with Gasteiger partial charge in [-0.05, 0) is 37.0 Å². The first kappa shape index (κ1) is 19.7. The minimum Gasteiger partial charge on any atom is -0.381 e. The first-order chi connectivity index (χ1) is 14.4. The number of thiazole rings is 1. The molecule has 1 atom stereocenters. The highest BCUT2D eigenvalue weighted by Crippen LogP contribution is 2.51. The molecule has 0 aliphatic carbocycles. The highest BCUT2D eigenvalue weighted by Gasteiger charge is 2.45. The fourth-order valence-electron chi connectivity index (χ4n) is 4.51. The Kier molecular flexibility index (Phi) is 4.70. The van der Waals surface area contributed by atoms with E-state index in [1.165, 1.54) is 23.1 Å². The summed E-state index contributed by atoms with van der Waals surface area (Å²) in [6.45, 7) is 3.93. The summed E-state index contributed by atoms with van der Waals surface area (Å²) in [5, 5.41) is 14.2. The largest absolute Gasteiger partial charge is 0.381 e. The molecule has 1 spiro atoms. The highest BCUT2D eigenvalue weighted by molar-refractivity contribution is 7.09. The van der Waals surface area contributed by atoms with E-state index in [-0.39, 0.29) is 11.4 Å². The number of aliphatic hydroxyl groups is 1. The molecule has 3 aromatic rings. The summed E-state index contributed by atoms with van der Waals surface area (Å²) in [5.41, 5.74) is 7.59. The van der Waals surface area contributed by atoms with Crippen molar-refractivity contribution in [3.8, 4) is 0 Å². The van der Waals surface area contributed by atoms with Crippen LogP contribution in [0, 0.1) is 0 Å². The number of benzene rings is 1. The number of aromatic nitrogens is 3. The molecular formula is C21H22ClN5O2S. The van der Waals surface area contributed by atoms with Crippen LogP contribution in [0.15, 0.2) is 36.0 Å². The van der Waals surface area contributed by atoms with Gasteiger partial charge in [-0.1, -0.05) is 23.7 Å². The van der Waals surface area contributed by atoms with Crippen molar-refractivity contribution < 1.29 is 9.84 Å². The fourth-order valence-corrected chi connectivity index (χ4v) is 5.42. The van der Waals surface area contributed by atoms with Crippen LogP contribution >= 0.6 is 22.9 Å². The number of nitrogens with two attached hydrogens (primary N) is 1. The second kappa shape index (κ2) is 7.16. The van der Waals surface area contributed by atoms with Gasteiger partial charge < -0.3 is 20.5 Å². The van der Waals surface area contributed by atoms with E-state index >= 15 is 0 Å². The van der Waals surface area contributed by atoms with E-state index in [1.807, 2.05) is 17.5 Å². The third-order valence-corrected chi connectivity index (χ3v) is 7.43. The Labute approximate surface area is 183 Å². The van der Waals surface area contributed by atoms with Crippen molar-refractivity contribution in [1.82, 2.24) is 15.0 Å². The molecule has 0 unspecified atom stereocenters. The summed E-state index contributed by atoms with van der Waals surface area (Å²) >= 11 is 7.91. The lowest BCUT2D eigenvalue weighted by Gasteiger charge is -2.34. The zero-order valence-corrected chi connectivity index (χ0v) is 18.1. The van der Waals surface area contributed by atoms with Gasteiger partial charge in [0.25, 0.3) is 0 Å². The molecule has 2 aromatic heterocycles. The second-order valence-electron chi connectivity index (χ2n) is 8.02. The number of ether oxygens (including phenoxy) is 1. The highest BCUT2D eigenvalue weighted by atomic mass is 35.5. The number of rotatable bonds is 3. The Morgan fingerprint density at radius 1 is 1.30 bits per heavy atom. The Hall–Kier alpha value is -2.26. The van der Waals surface area contributed by atoms with Gasteiger partial charge in [0.15, 0.2) is 5.82 Å². The van der Waals surface area contributed by atoms with Crippen molar-refractivity contribution in [3.05, 3.63) is 57.1 Å². The van der Waals surface area contributed by atoms with Crippen molar-refractivity contribution in [2.24, 2.45) is 0 Å². The molecule has 1 fully saturated rings. The number of halogens is 1. The minimum atomic E-state index is -1.20. The van der Waals surface area contributed by atoms with Crippen molar-refractivity contribution >= 4 is 40.4 Å². The summed E-state index contributed by atoms with van der Waals surface area (Å²) in [4.78, 5) is 14.9. The molecule has 1 saturated heterocycles. The first-order valence-electron chi connectivity index (χ1n) is 9.81. The fraction of sp³-hybridized carbons (Fsp3) is 0.381. The average Bonchev–Trinajstić information content (AvgIpc) is 3.39. The summed E-state index contributed by atoms with van der Waals surface area (Å²) in [7, 11) is 0. The Morgan fingerprint density at radius 2 is 2.10 bits per heavy atom. The molecular weight excluding hydrogens is 422 g/mol. The van der Waals surface area contributed by atoms with Gasteiger partial charge in [-0.3, -0.25) is 0 Å². The van der Waals surface area contributed by atoms with Crippen molar-refractivity contribution in [2.75, 3.05) is 30.4 Å². The molecule has 0 amide bonds. The van der Waals surface area contributed by atoms with Gasteiger partial charge in [-0.15, -0.1) is 11.3 Å². The van der Waals surface area contributed by atoms with Gasteiger partial charge in [0, 0.05) is 42.4 Å². The van der Waals surface area contributed by atoms with E-state index in [4.69, 9.17) is 22.1 Å². The van der Waals surface area contributed by atoms with Crippen LogP contribution in [-0.4, -0.2) is 39.8 Å². The van der Waals surface area contributed by atoms with Crippen LogP contribution in [0.3, 0.4) is 0 Å². The predicted molar refractivity (Wildman–Crippen MR) is 117 cm³/mol. The maximum Gasteiger partial charge on any atom is 0.222 e. The van der Waals surface area contributed by atoms with Crippen LogP contribution in [0.1, 0.15) is 35.9 Å². The van der Waals surface area contributed by atoms with Gasteiger partial charge in [-0.2, -0.15) is 4.98 Å². The minimum absolute atomic E-state index is 0.0534. The molecule has 7 nitrogen and oxygen atoms in total. The normalized spacial score (nSPS) is 19.6. The number of nitrogen functional groups attached to an aromatic ring is 1. The Morgan fingerprint density at radius 3 is 2.83 bits per heavy atom. The molecule has 4 heterocycles. The molecule has 3 N–H and O–H groups in total. The van der Waals surface area contributed by atoms with Gasteiger partial charge >= 0.3 is 0 Å². The molecule has 2 aliphatic heterocycles. The van der Waals surface area contributed by atoms with Crippen molar-refractivity contribution in [1.29, 1.82) is 0 Å². The van der Waals surface area contributed by atoms with Crippen molar-refractivity contribution in [3.63, 3.8) is 0 Å². The number of fused-ring (bicyclic) bond motifs is 2. The van der Waals surface area contributed by atoms with Crippen LogP contribution in [0.4, 0.5) is 17.5 Å². The van der Waals surface area contributed by atoms with E-state index in [9.17, 15) is 5.11 Å². The quantitative estimate of drug-likeness (QED) is 0.637. The second-order valence-corrected chi connectivity index (χ2v) is 9.32. The number of hydrogen-bond acceptors (Lipinski definition) is 8. The van der Waals surface area contributed by atoms with Gasteiger partial charge in [0.1, 0.15) is 15.6 Å². The topological polar surface area (TPSA) is 97.4 Å². The smallest absolute Gasteiger partial charge is 0.222 e. The summed E-state index contributed by atoms with van der Waals surface area (Å²) in [6.07, 6.45) is 5.06. The van der Waals surface area contributed by atoms with Crippen LogP contribution < -0.4 is 10.6 Å². The maximum absolute atomic E-state index is 11.3. The van der Waals surface area contributed by atoms with E-state index in [1.54, 1.807) is 13.1 Å². The van der Waals surface area contributed by atoms with Crippen LogP contribution in [0.5, 0.6) is 0 Å². The molecule has 2 aliphatic rings. The Balaban J connectivity index is 1.66.